The zero-order valence-corrected chi connectivity index (χ0v) is 12.8. The van der Waals surface area contributed by atoms with Gasteiger partial charge in [-0.2, -0.15) is 0 Å². The summed E-state index contributed by atoms with van der Waals surface area (Å²) in [6.45, 7) is 6.77. The summed E-state index contributed by atoms with van der Waals surface area (Å²) in [5.74, 6) is 1.71. The predicted octanol–water partition coefficient (Wildman–Crippen LogP) is 4.11. The van der Waals surface area contributed by atoms with Crippen LogP contribution in [0.25, 0.3) is 0 Å². The molecule has 20 heavy (non-hydrogen) atoms. The van der Waals surface area contributed by atoms with E-state index in [4.69, 9.17) is 4.74 Å². The van der Waals surface area contributed by atoms with Gasteiger partial charge >= 0.3 is 0 Å². The minimum atomic E-state index is 0.517. The van der Waals surface area contributed by atoms with Gasteiger partial charge in [-0.25, -0.2) is 0 Å². The molecule has 1 aromatic carbocycles. The Morgan fingerprint density at radius 3 is 2.95 bits per heavy atom. The van der Waals surface area contributed by atoms with Gasteiger partial charge in [-0.15, -0.1) is 0 Å². The molecule has 0 spiro atoms. The van der Waals surface area contributed by atoms with Gasteiger partial charge in [0.2, 0.25) is 0 Å². The van der Waals surface area contributed by atoms with Gasteiger partial charge in [-0.3, -0.25) is 0 Å². The average Bonchev–Trinajstić information content (AvgIpc) is 2.44. The smallest absolute Gasteiger partial charge is 0.122 e. The molecule has 0 aromatic heterocycles. The molecule has 3 rings (SSSR count). The summed E-state index contributed by atoms with van der Waals surface area (Å²) in [6.07, 6.45) is 6.55. The van der Waals surface area contributed by atoms with Crippen LogP contribution in [0.2, 0.25) is 0 Å². The molecule has 110 valence electrons. The van der Waals surface area contributed by atoms with Crippen LogP contribution in [0.1, 0.15) is 57.4 Å². The van der Waals surface area contributed by atoms with Crippen LogP contribution in [-0.2, 0) is 0 Å². The molecule has 1 aliphatic carbocycles. The number of hydrogen-bond donors (Lipinski definition) is 1. The number of nitrogens with one attached hydrogen (secondary N) is 1. The third-order valence-electron chi connectivity index (χ3n) is 4.94. The van der Waals surface area contributed by atoms with Gasteiger partial charge in [0.25, 0.3) is 0 Å². The van der Waals surface area contributed by atoms with Gasteiger partial charge in [0.05, 0.1) is 6.61 Å². The lowest BCUT2D eigenvalue weighted by molar-refractivity contribution is 0.192. The Balaban J connectivity index is 1.59. The maximum absolute atomic E-state index is 5.75. The van der Waals surface area contributed by atoms with E-state index in [1.165, 1.54) is 31.2 Å². The van der Waals surface area contributed by atoms with Gasteiger partial charge in [0.1, 0.15) is 5.75 Å². The Hall–Kier alpha value is -1.02. The molecule has 1 saturated carbocycles. The molecule has 0 saturated heterocycles. The number of rotatable bonds is 3. The van der Waals surface area contributed by atoms with Gasteiger partial charge in [0, 0.05) is 18.5 Å². The van der Waals surface area contributed by atoms with E-state index in [-0.39, 0.29) is 0 Å². The van der Waals surface area contributed by atoms with Crippen molar-refractivity contribution < 1.29 is 4.74 Å². The highest BCUT2D eigenvalue weighted by atomic mass is 16.5. The Morgan fingerprint density at radius 2 is 2.10 bits per heavy atom. The van der Waals surface area contributed by atoms with Gasteiger partial charge in [-0.1, -0.05) is 38.5 Å². The third-order valence-corrected chi connectivity index (χ3v) is 4.94. The van der Waals surface area contributed by atoms with Crippen LogP contribution in [0.5, 0.6) is 5.75 Å². The zero-order chi connectivity index (χ0) is 14.0. The molecule has 1 heterocycles. The molecule has 0 radical (unpaired) electrons. The maximum atomic E-state index is 5.75. The molecule has 2 nitrogen and oxygen atoms in total. The molecule has 0 amide bonds. The molecule has 2 unspecified atom stereocenters. The molecular weight excluding hydrogens is 246 g/mol. The summed E-state index contributed by atoms with van der Waals surface area (Å²) in [4.78, 5) is 0. The largest absolute Gasteiger partial charge is 0.493 e. The number of benzene rings is 1. The maximum Gasteiger partial charge on any atom is 0.122 e. The molecule has 1 aromatic rings. The van der Waals surface area contributed by atoms with E-state index in [2.05, 4.69) is 43.4 Å². The normalized spacial score (nSPS) is 28.5. The van der Waals surface area contributed by atoms with Crippen LogP contribution in [0.15, 0.2) is 24.3 Å². The molecular formula is C18H27NO. The van der Waals surface area contributed by atoms with E-state index >= 15 is 0 Å². The van der Waals surface area contributed by atoms with Gasteiger partial charge in [-0.05, 0) is 42.7 Å². The molecule has 1 N–H and O–H groups in total. The van der Waals surface area contributed by atoms with Crippen LogP contribution in [0.3, 0.4) is 0 Å². The number of ether oxygens (including phenoxy) is 1. The monoisotopic (exact) mass is 273 g/mol. The fourth-order valence-corrected chi connectivity index (χ4v) is 3.81. The first-order chi connectivity index (χ1) is 9.64. The van der Waals surface area contributed by atoms with E-state index in [9.17, 15) is 0 Å². The fraction of sp³-hybridized carbons (Fsp3) is 0.667. The van der Waals surface area contributed by atoms with E-state index in [1.807, 2.05) is 0 Å². The van der Waals surface area contributed by atoms with Crippen LogP contribution in [0.4, 0.5) is 0 Å². The Bertz CT molecular complexity index is 454. The highest BCUT2D eigenvalue weighted by molar-refractivity contribution is 5.37. The number of hydrogen-bond acceptors (Lipinski definition) is 2. The summed E-state index contributed by atoms with van der Waals surface area (Å²) in [5, 5.41) is 3.83. The van der Waals surface area contributed by atoms with E-state index < -0.39 is 0 Å². The highest BCUT2D eigenvalue weighted by Gasteiger charge is 2.29. The summed E-state index contributed by atoms with van der Waals surface area (Å²) in [5.41, 5.74) is 1.91. The van der Waals surface area contributed by atoms with Crippen molar-refractivity contribution in [2.45, 2.75) is 57.9 Å². The van der Waals surface area contributed by atoms with Crippen molar-refractivity contribution in [1.82, 2.24) is 5.32 Å². The van der Waals surface area contributed by atoms with Crippen molar-refractivity contribution >= 4 is 0 Å². The minimum absolute atomic E-state index is 0.517. The lowest BCUT2D eigenvalue weighted by Crippen LogP contribution is -2.39. The summed E-state index contributed by atoms with van der Waals surface area (Å²) in [7, 11) is 0. The molecule has 2 atom stereocenters. The van der Waals surface area contributed by atoms with Crippen LogP contribution >= 0.6 is 0 Å². The SMILES string of the molecule is CC1(C)CCCC(NCC2CCOc3ccccc32)C1. The topological polar surface area (TPSA) is 21.3 Å². The van der Waals surface area contributed by atoms with E-state index in [0.29, 0.717) is 17.4 Å². The van der Waals surface area contributed by atoms with Crippen LogP contribution in [0, 0.1) is 5.41 Å². The Labute approximate surface area is 122 Å². The van der Waals surface area contributed by atoms with Crippen molar-refractivity contribution in [3.63, 3.8) is 0 Å². The van der Waals surface area contributed by atoms with Gasteiger partial charge in [0.15, 0.2) is 0 Å². The van der Waals surface area contributed by atoms with Crippen molar-refractivity contribution in [2.75, 3.05) is 13.2 Å². The van der Waals surface area contributed by atoms with Gasteiger partial charge < -0.3 is 10.1 Å². The average molecular weight is 273 g/mol. The Morgan fingerprint density at radius 1 is 1.25 bits per heavy atom. The standard InChI is InChI=1S/C18H27NO/c1-18(2)10-5-6-15(12-18)19-13-14-9-11-20-17-8-4-3-7-16(14)17/h3-4,7-8,14-15,19H,5-6,9-13H2,1-2H3. The van der Waals surface area contributed by atoms with Crippen molar-refractivity contribution in [1.29, 1.82) is 0 Å². The minimum Gasteiger partial charge on any atom is -0.493 e. The summed E-state index contributed by atoms with van der Waals surface area (Å²) >= 11 is 0. The second kappa shape index (κ2) is 5.77. The highest BCUT2D eigenvalue weighted by Crippen LogP contribution is 2.36. The quantitative estimate of drug-likeness (QED) is 0.895. The second-order valence-electron chi connectivity index (χ2n) is 7.24. The number of para-hydroxylation sites is 1. The first kappa shape index (κ1) is 13.9. The first-order valence-electron chi connectivity index (χ1n) is 8.09. The van der Waals surface area contributed by atoms with Crippen molar-refractivity contribution in [3.05, 3.63) is 29.8 Å². The fourth-order valence-electron chi connectivity index (χ4n) is 3.81. The number of fused-ring (bicyclic) bond motifs is 1. The summed E-state index contributed by atoms with van der Waals surface area (Å²) in [6, 6.07) is 9.23. The summed E-state index contributed by atoms with van der Waals surface area (Å²) < 4.78 is 5.75. The first-order valence-corrected chi connectivity index (χ1v) is 8.09. The van der Waals surface area contributed by atoms with Crippen LogP contribution in [-0.4, -0.2) is 19.2 Å². The van der Waals surface area contributed by atoms with Crippen molar-refractivity contribution in [2.24, 2.45) is 5.41 Å². The lowest BCUT2D eigenvalue weighted by atomic mass is 9.75. The molecule has 1 fully saturated rings. The van der Waals surface area contributed by atoms with Crippen molar-refractivity contribution in [3.8, 4) is 5.75 Å². The van der Waals surface area contributed by atoms with E-state index in [1.54, 1.807) is 0 Å². The molecule has 0 bridgehead atoms. The molecule has 2 heteroatoms. The second-order valence-corrected chi connectivity index (χ2v) is 7.24. The molecule has 2 aliphatic rings. The lowest BCUT2D eigenvalue weighted by Gasteiger charge is -2.37. The zero-order valence-electron chi connectivity index (χ0n) is 12.8. The van der Waals surface area contributed by atoms with Crippen LogP contribution < -0.4 is 10.1 Å². The van der Waals surface area contributed by atoms with E-state index in [0.717, 1.165) is 25.3 Å². The third kappa shape index (κ3) is 3.17. The Kier molecular flexibility index (Phi) is 4.02. The predicted molar refractivity (Wildman–Crippen MR) is 83.3 cm³/mol. The molecule has 1 aliphatic heterocycles.